The third-order valence-corrected chi connectivity index (χ3v) is 5.39. The SMILES string of the molecule is C[C@H](C(N)=O)N(c1ccc(Cl)cc1)c1nc(N)c(C(=O)c2ccc(F)cc2)s1. The fourth-order valence-electron chi connectivity index (χ4n) is 2.55. The molecule has 0 bridgehead atoms. The van der Waals surface area contributed by atoms with Crippen LogP contribution in [0.5, 0.6) is 0 Å². The first kappa shape index (κ1) is 19.8. The Morgan fingerprint density at radius 2 is 1.75 bits per heavy atom. The van der Waals surface area contributed by atoms with Crippen LogP contribution >= 0.6 is 22.9 Å². The standard InChI is InChI=1S/C19H16ClFN4O2S/c1-10(18(23)27)25(14-8-4-12(20)5-9-14)19-24-17(22)16(28-19)15(26)11-2-6-13(21)7-3-11/h2-10H,22H2,1H3,(H2,23,27)/t10-/m1/s1. The van der Waals surface area contributed by atoms with Crippen LogP contribution in [0.25, 0.3) is 0 Å². The van der Waals surface area contributed by atoms with Crippen LogP contribution in [-0.4, -0.2) is 22.7 Å². The van der Waals surface area contributed by atoms with E-state index in [2.05, 4.69) is 4.98 Å². The van der Waals surface area contributed by atoms with Gasteiger partial charge in [0.15, 0.2) is 5.13 Å². The second kappa shape index (κ2) is 7.95. The molecule has 1 atom stereocenters. The van der Waals surface area contributed by atoms with Gasteiger partial charge in [-0.3, -0.25) is 9.59 Å². The van der Waals surface area contributed by atoms with Crippen LogP contribution in [-0.2, 0) is 4.79 Å². The minimum Gasteiger partial charge on any atom is -0.382 e. The fraction of sp³-hybridized carbons (Fsp3) is 0.105. The zero-order valence-electron chi connectivity index (χ0n) is 14.7. The van der Waals surface area contributed by atoms with Crippen molar-refractivity contribution in [1.29, 1.82) is 0 Å². The number of nitrogen functional groups attached to an aromatic ring is 1. The van der Waals surface area contributed by atoms with E-state index in [0.717, 1.165) is 11.3 Å². The van der Waals surface area contributed by atoms with Crippen LogP contribution in [0.1, 0.15) is 22.2 Å². The van der Waals surface area contributed by atoms with E-state index in [0.29, 0.717) is 15.8 Å². The maximum atomic E-state index is 13.1. The van der Waals surface area contributed by atoms with Crippen LogP contribution in [0.15, 0.2) is 48.5 Å². The molecule has 1 heterocycles. The molecule has 4 N–H and O–H groups in total. The predicted molar refractivity (Wildman–Crippen MR) is 109 cm³/mol. The summed E-state index contributed by atoms with van der Waals surface area (Å²) < 4.78 is 13.1. The number of hydrogen-bond acceptors (Lipinski definition) is 6. The molecule has 3 rings (SSSR count). The number of hydrogen-bond donors (Lipinski definition) is 2. The molecule has 144 valence electrons. The van der Waals surface area contributed by atoms with Crippen LogP contribution < -0.4 is 16.4 Å². The molecule has 0 radical (unpaired) electrons. The number of rotatable bonds is 6. The highest BCUT2D eigenvalue weighted by Crippen LogP contribution is 2.36. The smallest absolute Gasteiger partial charge is 0.240 e. The van der Waals surface area contributed by atoms with E-state index in [1.807, 2.05) is 0 Å². The Kier molecular flexibility index (Phi) is 5.62. The molecule has 0 unspecified atom stereocenters. The molecule has 0 fully saturated rings. The van der Waals surface area contributed by atoms with E-state index in [9.17, 15) is 14.0 Å². The lowest BCUT2D eigenvalue weighted by atomic mass is 10.1. The molecular formula is C19H16ClFN4O2S. The number of benzene rings is 2. The highest BCUT2D eigenvalue weighted by atomic mass is 35.5. The summed E-state index contributed by atoms with van der Waals surface area (Å²) >= 11 is 6.97. The molecule has 1 amide bonds. The molecule has 0 saturated carbocycles. The van der Waals surface area contributed by atoms with Crippen molar-refractivity contribution in [3.8, 4) is 0 Å². The number of ketones is 1. The maximum absolute atomic E-state index is 13.1. The number of amides is 1. The molecule has 2 aromatic carbocycles. The largest absolute Gasteiger partial charge is 0.382 e. The number of thiazole rings is 1. The monoisotopic (exact) mass is 418 g/mol. The molecule has 28 heavy (non-hydrogen) atoms. The zero-order valence-corrected chi connectivity index (χ0v) is 16.3. The fourth-order valence-corrected chi connectivity index (χ4v) is 3.72. The number of carbonyl (C=O) groups is 2. The predicted octanol–water partition coefficient (Wildman–Crippen LogP) is 3.76. The van der Waals surface area contributed by atoms with Crippen LogP contribution in [0.4, 0.5) is 21.0 Å². The second-order valence-electron chi connectivity index (χ2n) is 5.97. The van der Waals surface area contributed by atoms with Crippen molar-refractivity contribution >= 4 is 51.3 Å². The van der Waals surface area contributed by atoms with Gasteiger partial charge in [0.2, 0.25) is 11.7 Å². The summed E-state index contributed by atoms with van der Waals surface area (Å²) in [5, 5.41) is 0.859. The summed E-state index contributed by atoms with van der Waals surface area (Å²) in [5.74, 6) is -1.39. The lowest BCUT2D eigenvalue weighted by molar-refractivity contribution is -0.118. The Morgan fingerprint density at radius 3 is 2.32 bits per heavy atom. The molecule has 0 saturated heterocycles. The molecule has 0 aliphatic heterocycles. The topological polar surface area (TPSA) is 102 Å². The number of anilines is 3. The number of nitrogens with zero attached hydrogens (tertiary/aromatic N) is 2. The van der Waals surface area contributed by atoms with Gasteiger partial charge in [-0.15, -0.1) is 0 Å². The zero-order chi connectivity index (χ0) is 20.4. The van der Waals surface area contributed by atoms with Gasteiger partial charge in [0.1, 0.15) is 22.6 Å². The lowest BCUT2D eigenvalue weighted by Crippen LogP contribution is -2.39. The Morgan fingerprint density at radius 1 is 1.14 bits per heavy atom. The van der Waals surface area contributed by atoms with E-state index in [1.165, 1.54) is 24.3 Å². The Bertz CT molecular complexity index is 1020. The summed E-state index contributed by atoms with van der Waals surface area (Å²) in [6, 6.07) is 11.1. The highest BCUT2D eigenvalue weighted by molar-refractivity contribution is 7.18. The molecule has 6 nitrogen and oxygen atoms in total. The van der Waals surface area contributed by atoms with Crippen molar-refractivity contribution < 1.29 is 14.0 Å². The van der Waals surface area contributed by atoms with Crippen molar-refractivity contribution in [2.45, 2.75) is 13.0 Å². The average molecular weight is 419 g/mol. The molecule has 0 aliphatic rings. The number of primary amides is 1. The van der Waals surface area contributed by atoms with E-state index >= 15 is 0 Å². The quantitative estimate of drug-likeness (QED) is 0.593. The summed E-state index contributed by atoms with van der Waals surface area (Å²) in [4.78, 5) is 30.6. The summed E-state index contributed by atoms with van der Waals surface area (Å²) in [6.45, 7) is 1.62. The van der Waals surface area contributed by atoms with Gasteiger partial charge >= 0.3 is 0 Å². The molecule has 1 aromatic heterocycles. The number of carbonyl (C=O) groups excluding carboxylic acids is 2. The van der Waals surface area contributed by atoms with Gasteiger partial charge in [-0.1, -0.05) is 22.9 Å². The van der Waals surface area contributed by atoms with Gasteiger partial charge in [-0.25, -0.2) is 9.37 Å². The van der Waals surface area contributed by atoms with Gasteiger partial charge in [0.25, 0.3) is 0 Å². The minimum absolute atomic E-state index is 0.0185. The summed E-state index contributed by atoms with van der Waals surface area (Å²) in [7, 11) is 0. The van der Waals surface area contributed by atoms with Gasteiger partial charge in [-0.2, -0.15) is 0 Å². The highest BCUT2D eigenvalue weighted by Gasteiger charge is 2.27. The third kappa shape index (κ3) is 3.97. The van der Waals surface area contributed by atoms with Gasteiger partial charge in [0, 0.05) is 16.3 Å². The normalized spacial score (nSPS) is 11.8. The first-order chi connectivity index (χ1) is 13.3. The number of aromatic nitrogens is 1. The van der Waals surface area contributed by atoms with Crippen LogP contribution in [0.2, 0.25) is 5.02 Å². The average Bonchev–Trinajstić information content (AvgIpc) is 3.04. The molecule has 0 aliphatic carbocycles. The van der Waals surface area contributed by atoms with E-state index in [-0.39, 0.29) is 22.0 Å². The van der Waals surface area contributed by atoms with E-state index in [4.69, 9.17) is 23.1 Å². The first-order valence-corrected chi connectivity index (χ1v) is 9.38. The minimum atomic E-state index is -0.750. The Labute approximate surface area is 169 Å². The van der Waals surface area contributed by atoms with Crippen molar-refractivity contribution in [1.82, 2.24) is 4.98 Å². The first-order valence-electron chi connectivity index (χ1n) is 8.18. The van der Waals surface area contributed by atoms with Crippen LogP contribution in [0, 0.1) is 5.82 Å². The number of nitrogens with two attached hydrogens (primary N) is 2. The van der Waals surface area contributed by atoms with Crippen molar-refractivity contribution in [2.24, 2.45) is 5.73 Å². The van der Waals surface area contributed by atoms with Gasteiger partial charge in [-0.05, 0) is 55.5 Å². The van der Waals surface area contributed by atoms with Gasteiger partial charge < -0.3 is 16.4 Å². The molecule has 3 aromatic rings. The van der Waals surface area contributed by atoms with E-state index < -0.39 is 17.8 Å². The third-order valence-electron chi connectivity index (χ3n) is 4.06. The maximum Gasteiger partial charge on any atom is 0.240 e. The number of halogens is 2. The van der Waals surface area contributed by atoms with Crippen molar-refractivity contribution in [3.05, 3.63) is 69.8 Å². The Balaban J connectivity index is 2.03. The lowest BCUT2D eigenvalue weighted by Gasteiger charge is -2.26. The van der Waals surface area contributed by atoms with Gasteiger partial charge in [0.05, 0.1) is 0 Å². The molecular weight excluding hydrogens is 403 g/mol. The van der Waals surface area contributed by atoms with E-state index in [1.54, 1.807) is 36.1 Å². The Hall–Kier alpha value is -2.97. The second-order valence-corrected chi connectivity index (χ2v) is 7.39. The van der Waals surface area contributed by atoms with Crippen molar-refractivity contribution in [2.75, 3.05) is 10.6 Å². The molecule has 0 spiro atoms. The summed E-state index contributed by atoms with van der Waals surface area (Å²) in [6.07, 6.45) is 0. The van der Waals surface area contributed by atoms with Crippen molar-refractivity contribution in [3.63, 3.8) is 0 Å². The van der Waals surface area contributed by atoms with Crippen LogP contribution in [0.3, 0.4) is 0 Å². The summed E-state index contributed by atoms with van der Waals surface area (Å²) in [5.41, 5.74) is 12.4. The molecule has 9 heteroatoms.